The van der Waals surface area contributed by atoms with Crippen LogP contribution in [0.4, 0.5) is 15.0 Å². The maximum absolute atomic E-state index is 17.6. The van der Waals surface area contributed by atoms with Crippen molar-refractivity contribution in [2.75, 3.05) is 71.2 Å². The molecule has 69 heavy (non-hydrogen) atoms. The van der Waals surface area contributed by atoms with Crippen molar-refractivity contribution >= 4 is 39.6 Å². The van der Waals surface area contributed by atoms with E-state index in [9.17, 15) is 9.59 Å². The zero-order valence-corrected chi connectivity index (χ0v) is 41.0. The minimum atomic E-state index is -0.613. The number of nitrogens with zero attached hydrogens (tertiary/aromatic N) is 7. The summed E-state index contributed by atoms with van der Waals surface area (Å²) in [6.45, 7) is 14.2. The Hall–Kier alpha value is -5.64. The zero-order chi connectivity index (χ0) is 48.1. The molecule has 6 heterocycles. The Bertz CT molecular complexity index is 2570. The highest BCUT2D eigenvalue weighted by Crippen LogP contribution is 2.41. The molecule has 0 aliphatic carbocycles. The molecule has 0 radical (unpaired) electrons. The van der Waals surface area contributed by atoms with Crippen LogP contribution in [-0.4, -0.2) is 132 Å². The Balaban J connectivity index is 0.916. The fourth-order valence-electron chi connectivity index (χ4n) is 10.8. The average Bonchev–Trinajstić information content (AvgIpc) is 3.92. The van der Waals surface area contributed by atoms with Gasteiger partial charge in [0.1, 0.15) is 41.6 Å². The lowest BCUT2D eigenvalue weighted by Crippen LogP contribution is -2.57. The second-order valence-corrected chi connectivity index (χ2v) is 20.2. The second kappa shape index (κ2) is 21.6. The Morgan fingerprint density at radius 1 is 0.884 bits per heavy atom. The van der Waals surface area contributed by atoms with Crippen molar-refractivity contribution in [3.63, 3.8) is 0 Å². The molecule has 9 rings (SSSR count). The molecule has 0 N–H and O–H groups in total. The number of piperazine rings is 1. The fourth-order valence-corrected chi connectivity index (χ4v) is 10.8. The van der Waals surface area contributed by atoms with Gasteiger partial charge in [0.25, 0.3) is 0 Å². The summed E-state index contributed by atoms with van der Waals surface area (Å²) in [5.41, 5.74) is 2.35. The topological polar surface area (TPSA) is 132 Å². The molecule has 3 atom stereocenters. The first-order valence-corrected chi connectivity index (χ1v) is 25.0. The number of piperidine rings is 1. The number of rotatable bonds is 17. The molecule has 368 valence electrons. The second-order valence-electron chi connectivity index (χ2n) is 20.2. The average molecular weight is 946 g/mol. The summed E-state index contributed by atoms with van der Waals surface area (Å²) < 4.78 is 46.7. The van der Waals surface area contributed by atoms with Gasteiger partial charge in [0, 0.05) is 44.5 Å². The Labute approximate surface area is 405 Å². The molecule has 4 aliphatic rings. The first-order valence-electron chi connectivity index (χ1n) is 25.0. The molecule has 0 spiro atoms. The molecule has 2 bridgehead atoms. The largest absolute Gasteiger partial charge is 0.468 e. The fraction of sp³-hybridized carbons (Fsp3) is 0.537. The van der Waals surface area contributed by atoms with E-state index in [0.29, 0.717) is 61.2 Å². The summed E-state index contributed by atoms with van der Waals surface area (Å²) in [5.74, 6) is 0.988. The number of pyridine rings is 1. The van der Waals surface area contributed by atoms with Crippen molar-refractivity contribution in [1.82, 2.24) is 29.7 Å². The lowest BCUT2D eigenvalue weighted by atomic mass is 9.93. The van der Waals surface area contributed by atoms with E-state index in [-0.39, 0.29) is 54.2 Å². The molecular formula is C54H68FN7O7. The van der Waals surface area contributed by atoms with Crippen LogP contribution >= 0.6 is 0 Å². The van der Waals surface area contributed by atoms with Crippen molar-refractivity contribution in [2.45, 2.75) is 116 Å². The minimum Gasteiger partial charge on any atom is -0.468 e. The van der Waals surface area contributed by atoms with Crippen LogP contribution < -0.4 is 14.4 Å². The highest BCUT2D eigenvalue weighted by Gasteiger charge is 2.45. The lowest BCUT2D eigenvalue weighted by molar-refractivity contribution is -0.145. The van der Waals surface area contributed by atoms with Gasteiger partial charge in [-0.15, -0.1) is 0 Å². The third kappa shape index (κ3) is 11.4. The number of ether oxygens (including phenoxy) is 5. The first kappa shape index (κ1) is 48.4. The van der Waals surface area contributed by atoms with E-state index < -0.39 is 11.4 Å². The number of esters is 1. The Morgan fingerprint density at radius 3 is 2.41 bits per heavy atom. The summed E-state index contributed by atoms with van der Waals surface area (Å²) in [6, 6.07) is 19.7. The number of amides is 1. The van der Waals surface area contributed by atoms with E-state index >= 15 is 4.39 Å². The van der Waals surface area contributed by atoms with Crippen LogP contribution in [0.3, 0.4) is 0 Å². The number of likely N-dealkylation sites (tertiary alicyclic amines) is 2. The summed E-state index contributed by atoms with van der Waals surface area (Å²) in [4.78, 5) is 49.6. The number of halogens is 1. The van der Waals surface area contributed by atoms with Crippen LogP contribution in [0.15, 0.2) is 66.9 Å². The van der Waals surface area contributed by atoms with Gasteiger partial charge in [-0.2, -0.15) is 9.97 Å². The molecule has 4 aliphatic heterocycles. The standard InChI is InChI=1S/C54H68FN7O7/c1-6-38-14-10-15-39-28-43(68-35-65-5)29-44(47(38)39)49-48(55)50-45(30-56-49)51(61-31-40-17-18-41(32-61)62(40)53(64)69-54(2,3)4)58-52(57-50)67-34-42-16-11-23-60(42)27-21-36-19-24-59(25-20-36)26-22-46(63)66-33-37-12-8-7-9-13-37/h7-10,12-15,28-30,36,40-42H,6,11,16-27,31-35H2,1-5H3/t40?,41?,42-/m0/s1. The van der Waals surface area contributed by atoms with Gasteiger partial charge in [-0.05, 0) is 138 Å². The number of carbonyl (C=O) groups is 2. The van der Waals surface area contributed by atoms with Gasteiger partial charge in [0.2, 0.25) is 0 Å². The summed E-state index contributed by atoms with van der Waals surface area (Å²) in [5, 5.41) is 2.29. The van der Waals surface area contributed by atoms with Crippen LogP contribution in [-0.2, 0) is 32.0 Å². The molecule has 5 aromatic rings. The van der Waals surface area contributed by atoms with Gasteiger partial charge < -0.3 is 33.5 Å². The molecule has 1 amide bonds. The number of fused-ring (bicyclic) bond motifs is 4. The molecule has 15 heteroatoms. The van der Waals surface area contributed by atoms with Crippen molar-refractivity contribution < 1.29 is 37.7 Å². The number of benzene rings is 3. The summed E-state index contributed by atoms with van der Waals surface area (Å²) in [7, 11) is 1.57. The molecule has 2 unspecified atom stereocenters. The van der Waals surface area contributed by atoms with Gasteiger partial charge in [0.15, 0.2) is 12.6 Å². The molecule has 4 fully saturated rings. The van der Waals surface area contributed by atoms with Crippen molar-refractivity contribution in [1.29, 1.82) is 0 Å². The van der Waals surface area contributed by atoms with Crippen LogP contribution in [0.2, 0.25) is 0 Å². The van der Waals surface area contributed by atoms with Crippen LogP contribution in [0, 0.1) is 11.7 Å². The SMILES string of the molecule is CCc1cccc2cc(OCOC)cc(-c3ncc4c(N5CC6CCC(C5)N6C(=O)OC(C)(C)C)nc(OC[C@@H]5CCCN5CCC5CCN(CCC(=O)OCc6ccccc6)CC5)nc4c3F)c12. The number of carbonyl (C=O) groups excluding carboxylic acids is 2. The van der Waals surface area contributed by atoms with Gasteiger partial charge in [-0.3, -0.25) is 19.6 Å². The quantitative estimate of drug-likeness (QED) is 0.0649. The van der Waals surface area contributed by atoms with E-state index in [4.69, 9.17) is 38.6 Å². The summed E-state index contributed by atoms with van der Waals surface area (Å²) in [6.07, 6.45) is 9.58. The van der Waals surface area contributed by atoms with Crippen molar-refractivity contribution in [2.24, 2.45) is 5.92 Å². The number of anilines is 1. The Kier molecular flexibility index (Phi) is 15.1. The summed E-state index contributed by atoms with van der Waals surface area (Å²) >= 11 is 0. The molecule has 3 aromatic carbocycles. The number of methoxy groups -OCH3 is 1. The smallest absolute Gasteiger partial charge is 0.410 e. The van der Waals surface area contributed by atoms with Crippen LogP contribution in [0.1, 0.15) is 90.2 Å². The molecule has 0 saturated carbocycles. The molecule has 14 nitrogen and oxygen atoms in total. The molecule has 2 aromatic heterocycles. The first-order chi connectivity index (χ1) is 33.4. The van der Waals surface area contributed by atoms with E-state index in [1.807, 2.05) is 80.3 Å². The number of aryl methyl sites for hydroxylation is 1. The van der Waals surface area contributed by atoms with Gasteiger partial charge >= 0.3 is 18.1 Å². The number of aromatic nitrogens is 3. The third-order valence-corrected chi connectivity index (χ3v) is 14.4. The minimum absolute atomic E-state index is 0.0430. The van der Waals surface area contributed by atoms with Gasteiger partial charge in [-0.25, -0.2) is 9.18 Å². The predicted molar refractivity (Wildman–Crippen MR) is 264 cm³/mol. The Morgan fingerprint density at radius 2 is 1.67 bits per heavy atom. The normalized spacial score (nSPS) is 20.2. The van der Waals surface area contributed by atoms with Gasteiger partial charge in [0.05, 0.1) is 23.9 Å². The highest BCUT2D eigenvalue weighted by atomic mass is 19.1. The lowest BCUT2D eigenvalue weighted by Gasteiger charge is -2.42. The molecular weight excluding hydrogens is 878 g/mol. The predicted octanol–water partition coefficient (Wildman–Crippen LogP) is 9.20. The van der Waals surface area contributed by atoms with E-state index in [2.05, 4.69) is 27.7 Å². The highest BCUT2D eigenvalue weighted by molar-refractivity contribution is 6.01. The van der Waals surface area contributed by atoms with Crippen LogP contribution in [0.5, 0.6) is 11.8 Å². The maximum Gasteiger partial charge on any atom is 0.410 e. The number of hydrogen-bond donors (Lipinski definition) is 0. The monoisotopic (exact) mass is 946 g/mol. The molecule has 4 saturated heterocycles. The number of hydrogen-bond acceptors (Lipinski definition) is 13. The van der Waals surface area contributed by atoms with E-state index in [1.54, 1.807) is 13.3 Å². The van der Waals surface area contributed by atoms with E-state index in [1.165, 1.54) is 0 Å². The third-order valence-electron chi connectivity index (χ3n) is 14.4. The zero-order valence-electron chi connectivity index (χ0n) is 41.0. The van der Waals surface area contributed by atoms with E-state index in [0.717, 1.165) is 106 Å². The van der Waals surface area contributed by atoms with Crippen molar-refractivity contribution in [3.05, 3.63) is 83.8 Å². The maximum atomic E-state index is 17.6. The van der Waals surface area contributed by atoms with Crippen molar-refractivity contribution in [3.8, 4) is 23.0 Å². The van der Waals surface area contributed by atoms with Crippen LogP contribution in [0.25, 0.3) is 32.9 Å². The van der Waals surface area contributed by atoms with Gasteiger partial charge in [-0.1, -0.05) is 55.5 Å².